The molecule has 7 heteroatoms. The SMILES string of the molecule is CC(C)CCOc1ccc(-c2nn(-c3ccccc3)cc2C=C2SC(N3CCCCCC3)=NC2=O)cc1. The van der Waals surface area contributed by atoms with Crippen molar-refractivity contribution in [1.82, 2.24) is 14.7 Å². The minimum atomic E-state index is -0.170. The summed E-state index contributed by atoms with van der Waals surface area (Å²) in [4.78, 5) is 20.2. The standard InChI is InChI=1S/C30H34N4O2S/c1-22(2)16-19-36-26-14-12-23(13-15-26)28-24(21-34(32-28)25-10-6-5-7-11-25)20-27-29(35)31-30(37-27)33-17-8-3-4-9-18-33/h5-7,10-15,20-22H,3-4,8-9,16-19H2,1-2H3. The van der Waals surface area contributed by atoms with Crippen molar-refractivity contribution in [2.75, 3.05) is 19.7 Å². The number of carbonyl (C=O) groups excluding carboxylic acids is 1. The van der Waals surface area contributed by atoms with E-state index in [1.165, 1.54) is 24.6 Å². The molecular formula is C30H34N4O2S. The highest BCUT2D eigenvalue weighted by atomic mass is 32.2. The number of benzene rings is 2. The van der Waals surface area contributed by atoms with Crippen LogP contribution in [0.15, 0.2) is 70.7 Å². The Hall–Kier alpha value is -3.32. The first-order valence-electron chi connectivity index (χ1n) is 13.2. The van der Waals surface area contributed by atoms with Gasteiger partial charge >= 0.3 is 0 Å². The summed E-state index contributed by atoms with van der Waals surface area (Å²) >= 11 is 1.48. The maximum atomic E-state index is 12.9. The molecule has 3 aromatic rings. The lowest BCUT2D eigenvalue weighted by atomic mass is 10.1. The van der Waals surface area contributed by atoms with Crippen LogP contribution in [0.1, 0.15) is 51.5 Å². The van der Waals surface area contributed by atoms with Gasteiger partial charge in [-0.15, -0.1) is 0 Å². The molecule has 6 nitrogen and oxygen atoms in total. The van der Waals surface area contributed by atoms with Gasteiger partial charge in [-0.05, 0) is 79.4 Å². The summed E-state index contributed by atoms with van der Waals surface area (Å²) in [5.74, 6) is 1.29. The third kappa shape index (κ3) is 6.34. The van der Waals surface area contributed by atoms with Crippen LogP contribution in [0.2, 0.25) is 0 Å². The van der Waals surface area contributed by atoms with Crippen molar-refractivity contribution in [2.24, 2.45) is 10.9 Å². The van der Waals surface area contributed by atoms with E-state index in [9.17, 15) is 4.79 Å². The van der Waals surface area contributed by atoms with E-state index < -0.39 is 0 Å². The van der Waals surface area contributed by atoms with Gasteiger partial charge in [0.05, 0.1) is 22.9 Å². The summed E-state index contributed by atoms with van der Waals surface area (Å²) in [6, 6.07) is 18.1. The number of ether oxygens (including phenoxy) is 1. The summed E-state index contributed by atoms with van der Waals surface area (Å²) in [6.07, 6.45) is 9.74. The normalized spacial score (nSPS) is 17.4. The van der Waals surface area contributed by atoms with Crippen LogP contribution in [0, 0.1) is 5.92 Å². The number of amidine groups is 1. The average molecular weight is 515 g/mol. The summed E-state index contributed by atoms with van der Waals surface area (Å²) < 4.78 is 7.78. The Labute approximate surface area is 223 Å². The van der Waals surface area contributed by atoms with Crippen LogP contribution in [0.3, 0.4) is 0 Å². The average Bonchev–Trinajstić information content (AvgIpc) is 3.37. The molecule has 1 fully saturated rings. The fourth-order valence-corrected chi connectivity index (χ4v) is 5.44. The van der Waals surface area contributed by atoms with Crippen molar-refractivity contribution in [3.05, 3.63) is 71.3 Å². The Kier molecular flexibility index (Phi) is 8.09. The predicted molar refractivity (Wildman–Crippen MR) is 152 cm³/mol. The first-order valence-corrected chi connectivity index (χ1v) is 14.0. The van der Waals surface area contributed by atoms with Crippen LogP contribution in [0.25, 0.3) is 23.0 Å². The molecule has 192 valence electrons. The van der Waals surface area contributed by atoms with Gasteiger partial charge in [-0.3, -0.25) is 4.79 Å². The Morgan fingerprint density at radius 1 is 1.00 bits per heavy atom. The third-order valence-electron chi connectivity index (χ3n) is 6.63. The molecule has 1 saturated heterocycles. The number of hydrogen-bond acceptors (Lipinski definition) is 5. The van der Waals surface area contributed by atoms with Gasteiger partial charge in [0.25, 0.3) is 5.91 Å². The van der Waals surface area contributed by atoms with Crippen molar-refractivity contribution in [3.8, 4) is 22.7 Å². The lowest BCUT2D eigenvalue weighted by Gasteiger charge is -2.20. The number of amides is 1. The zero-order chi connectivity index (χ0) is 25.6. The molecule has 0 spiro atoms. The largest absolute Gasteiger partial charge is 0.494 e. The van der Waals surface area contributed by atoms with Crippen molar-refractivity contribution in [2.45, 2.75) is 46.0 Å². The third-order valence-corrected chi connectivity index (χ3v) is 7.67. The molecule has 2 aliphatic heterocycles. The minimum absolute atomic E-state index is 0.170. The number of para-hydroxylation sites is 1. The molecule has 0 N–H and O–H groups in total. The molecule has 0 aliphatic carbocycles. The number of likely N-dealkylation sites (tertiary alicyclic amines) is 1. The van der Waals surface area contributed by atoms with Gasteiger partial charge in [0.1, 0.15) is 5.75 Å². The summed E-state index contributed by atoms with van der Waals surface area (Å²) in [5.41, 5.74) is 3.65. The van der Waals surface area contributed by atoms with Crippen LogP contribution in [0.5, 0.6) is 5.75 Å². The van der Waals surface area contributed by atoms with Gasteiger partial charge in [0.15, 0.2) is 5.17 Å². The lowest BCUT2D eigenvalue weighted by Crippen LogP contribution is -2.28. The Balaban J connectivity index is 1.42. The number of rotatable bonds is 7. The van der Waals surface area contributed by atoms with E-state index in [1.807, 2.05) is 71.6 Å². The fraction of sp³-hybridized carbons (Fsp3) is 0.367. The second-order valence-corrected chi connectivity index (χ2v) is 11.0. The van der Waals surface area contributed by atoms with Gasteiger partial charge < -0.3 is 9.64 Å². The van der Waals surface area contributed by atoms with Crippen LogP contribution < -0.4 is 4.74 Å². The molecule has 3 heterocycles. The predicted octanol–water partition coefficient (Wildman–Crippen LogP) is 6.81. The van der Waals surface area contributed by atoms with E-state index in [2.05, 4.69) is 23.7 Å². The second kappa shape index (κ2) is 11.8. The van der Waals surface area contributed by atoms with Crippen LogP contribution >= 0.6 is 11.8 Å². The van der Waals surface area contributed by atoms with Gasteiger partial charge in [0, 0.05) is 30.4 Å². The maximum Gasteiger partial charge on any atom is 0.286 e. The summed E-state index contributed by atoms with van der Waals surface area (Å²) in [6.45, 7) is 7.03. The number of hydrogen-bond donors (Lipinski definition) is 0. The number of thioether (sulfide) groups is 1. The van der Waals surface area contributed by atoms with Crippen LogP contribution in [0.4, 0.5) is 0 Å². The monoisotopic (exact) mass is 514 g/mol. The Morgan fingerprint density at radius 3 is 2.43 bits per heavy atom. The molecular weight excluding hydrogens is 480 g/mol. The molecule has 1 amide bonds. The summed E-state index contributed by atoms with van der Waals surface area (Å²) in [5, 5.41) is 5.75. The van der Waals surface area contributed by atoms with Gasteiger partial charge in [-0.1, -0.05) is 44.9 Å². The van der Waals surface area contributed by atoms with E-state index in [1.54, 1.807) is 0 Å². The molecule has 0 unspecified atom stereocenters. The van der Waals surface area contributed by atoms with Crippen molar-refractivity contribution >= 4 is 28.9 Å². The van der Waals surface area contributed by atoms with E-state index in [4.69, 9.17) is 9.84 Å². The van der Waals surface area contributed by atoms with Gasteiger partial charge in [0.2, 0.25) is 0 Å². The van der Waals surface area contributed by atoms with E-state index >= 15 is 0 Å². The quantitative estimate of drug-likeness (QED) is 0.324. The van der Waals surface area contributed by atoms with Gasteiger partial charge in [-0.2, -0.15) is 10.1 Å². The Bertz CT molecular complexity index is 1270. The Morgan fingerprint density at radius 2 is 1.73 bits per heavy atom. The van der Waals surface area contributed by atoms with E-state index in [0.29, 0.717) is 17.4 Å². The van der Waals surface area contributed by atoms with Crippen LogP contribution in [-0.2, 0) is 4.79 Å². The lowest BCUT2D eigenvalue weighted by molar-refractivity contribution is -0.113. The maximum absolute atomic E-state index is 12.9. The first kappa shape index (κ1) is 25.3. The van der Waals surface area contributed by atoms with Crippen LogP contribution in [-0.4, -0.2) is 45.5 Å². The number of carbonyl (C=O) groups is 1. The molecule has 37 heavy (non-hydrogen) atoms. The molecule has 2 aliphatic rings. The van der Waals surface area contributed by atoms with Crippen molar-refractivity contribution in [3.63, 3.8) is 0 Å². The zero-order valence-electron chi connectivity index (χ0n) is 21.6. The topological polar surface area (TPSA) is 59.7 Å². The molecule has 1 aromatic heterocycles. The molecule has 5 rings (SSSR count). The second-order valence-electron chi connectivity index (χ2n) is 9.98. The number of aliphatic imine (C=N–C) groups is 1. The molecule has 0 saturated carbocycles. The highest BCUT2D eigenvalue weighted by molar-refractivity contribution is 8.18. The highest BCUT2D eigenvalue weighted by Gasteiger charge is 2.27. The zero-order valence-corrected chi connectivity index (χ0v) is 22.4. The summed E-state index contributed by atoms with van der Waals surface area (Å²) in [7, 11) is 0. The fourth-order valence-electron chi connectivity index (χ4n) is 4.49. The van der Waals surface area contributed by atoms with E-state index in [0.717, 1.165) is 65.8 Å². The molecule has 2 aromatic carbocycles. The molecule has 0 bridgehead atoms. The van der Waals surface area contributed by atoms with Crippen molar-refractivity contribution in [1.29, 1.82) is 0 Å². The molecule has 0 radical (unpaired) electrons. The number of aromatic nitrogens is 2. The van der Waals surface area contributed by atoms with Gasteiger partial charge in [-0.25, -0.2) is 4.68 Å². The number of nitrogens with zero attached hydrogens (tertiary/aromatic N) is 4. The molecule has 0 atom stereocenters. The van der Waals surface area contributed by atoms with Crippen molar-refractivity contribution < 1.29 is 9.53 Å². The van der Waals surface area contributed by atoms with E-state index in [-0.39, 0.29) is 5.91 Å². The first-order chi connectivity index (χ1) is 18.1. The highest BCUT2D eigenvalue weighted by Crippen LogP contribution is 2.34. The smallest absolute Gasteiger partial charge is 0.286 e. The minimum Gasteiger partial charge on any atom is -0.494 e.